The number of anilines is 1. The molecule has 1 saturated heterocycles. The lowest BCUT2D eigenvalue weighted by Crippen LogP contribution is -2.38. The number of benzene rings is 2. The summed E-state index contributed by atoms with van der Waals surface area (Å²) in [4.78, 5) is 24.5. The molecule has 0 radical (unpaired) electrons. The van der Waals surface area contributed by atoms with Crippen molar-refractivity contribution in [3.63, 3.8) is 0 Å². The minimum atomic E-state index is -0.722. The maximum absolute atomic E-state index is 11.9. The third-order valence-electron chi connectivity index (χ3n) is 4.52. The van der Waals surface area contributed by atoms with Crippen molar-refractivity contribution in [1.29, 1.82) is 0 Å². The lowest BCUT2D eigenvalue weighted by molar-refractivity contribution is -0.385. The molecule has 0 unspecified atom stereocenters. The molecule has 0 spiro atoms. The number of para-hydroxylation sites is 1. The van der Waals surface area contributed by atoms with E-state index >= 15 is 0 Å². The number of hydrogen-bond donors (Lipinski definition) is 0. The van der Waals surface area contributed by atoms with Crippen LogP contribution in [-0.4, -0.2) is 37.2 Å². The van der Waals surface area contributed by atoms with E-state index in [0.29, 0.717) is 23.9 Å². The van der Waals surface area contributed by atoms with Crippen molar-refractivity contribution < 1.29 is 19.2 Å². The van der Waals surface area contributed by atoms with E-state index in [9.17, 15) is 14.9 Å². The van der Waals surface area contributed by atoms with E-state index in [4.69, 9.17) is 16.3 Å². The fourth-order valence-corrected chi connectivity index (χ4v) is 3.29. The molecule has 142 valence electrons. The van der Waals surface area contributed by atoms with Gasteiger partial charge < -0.3 is 14.4 Å². The second kappa shape index (κ2) is 8.26. The number of rotatable bonds is 5. The van der Waals surface area contributed by atoms with Crippen molar-refractivity contribution in [3.8, 4) is 5.75 Å². The summed E-state index contributed by atoms with van der Waals surface area (Å²) in [7, 11) is 1.20. The van der Waals surface area contributed by atoms with E-state index in [1.54, 1.807) is 12.1 Å². The highest BCUT2D eigenvalue weighted by atomic mass is 35.5. The molecular formula is C19H19ClN2O5. The molecule has 2 aromatic carbocycles. The Labute approximate surface area is 161 Å². The molecule has 3 rings (SSSR count). The number of carbonyl (C=O) groups excluding carboxylic acids is 1. The molecule has 27 heavy (non-hydrogen) atoms. The maximum Gasteiger partial charge on any atom is 0.344 e. The Bertz CT molecular complexity index is 850. The van der Waals surface area contributed by atoms with Crippen LogP contribution in [0.25, 0.3) is 0 Å². The fraction of sp³-hybridized carbons (Fsp3) is 0.316. The average Bonchev–Trinajstić information content (AvgIpc) is 2.69. The van der Waals surface area contributed by atoms with Crippen molar-refractivity contribution in [3.05, 3.63) is 63.2 Å². The van der Waals surface area contributed by atoms with Crippen LogP contribution in [0.4, 0.5) is 11.4 Å². The summed E-state index contributed by atoms with van der Waals surface area (Å²) in [6.45, 7) is 1.40. The van der Waals surface area contributed by atoms with Crippen molar-refractivity contribution >= 4 is 28.9 Å². The third kappa shape index (κ3) is 4.31. The Kier molecular flexibility index (Phi) is 5.81. The summed E-state index contributed by atoms with van der Waals surface area (Å²) in [5, 5.41) is 11.7. The van der Waals surface area contributed by atoms with Gasteiger partial charge in [-0.3, -0.25) is 10.1 Å². The molecule has 1 aliphatic rings. The van der Waals surface area contributed by atoms with Gasteiger partial charge in [-0.1, -0.05) is 23.7 Å². The topological polar surface area (TPSA) is 81.9 Å². The first-order chi connectivity index (χ1) is 13.0. The van der Waals surface area contributed by atoms with Crippen LogP contribution < -0.4 is 9.64 Å². The molecule has 0 atom stereocenters. The van der Waals surface area contributed by atoms with Crippen LogP contribution in [0.5, 0.6) is 5.75 Å². The number of halogens is 1. The van der Waals surface area contributed by atoms with Crippen molar-refractivity contribution in [1.82, 2.24) is 0 Å². The molecule has 1 aliphatic heterocycles. The van der Waals surface area contributed by atoms with E-state index in [1.807, 2.05) is 18.2 Å². The van der Waals surface area contributed by atoms with Crippen molar-refractivity contribution in [2.75, 3.05) is 25.1 Å². The molecule has 1 fully saturated rings. The molecule has 1 heterocycles. The molecule has 0 aromatic heterocycles. The van der Waals surface area contributed by atoms with Gasteiger partial charge in [-0.25, -0.2) is 4.79 Å². The molecule has 8 heteroatoms. The summed E-state index contributed by atoms with van der Waals surface area (Å²) >= 11 is 6.13. The molecule has 0 saturated carbocycles. The Morgan fingerprint density at radius 1 is 1.22 bits per heavy atom. The second-order valence-corrected chi connectivity index (χ2v) is 6.59. The number of piperidine rings is 1. The van der Waals surface area contributed by atoms with Crippen molar-refractivity contribution in [2.45, 2.75) is 18.9 Å². The standard InChI is InChI=1S/C19H19ClN2O5/c1-26-19(23)15-12-13(6-7-17(15)22(24)25)21-10-8-14(9-11-21)27-18-5-3-2-4-16(18)20/h2-7,12,14H,8-11H2,1H3. The van der Waals surface area contributed by atoms with Crippen LogP contribution in [0.15, 0.2) is 42.5 Å². The van der Waals surface area contributed by atoms with Gasteiger partial charge >= 0.3 is 5.97 Å². The van der Waals surface area contributed by atoms with Crippen molar-refractivity contribution in [2.24, 2.45) is 0 Å². The number of nitro groups is 1. The minimum Gasteiger partial charge on any atom is -0.489 e. The van der Waals surface area contributed by atoms with Gasteiger partial charge in [0, 0.05) is 37.7 Å². The zero-order chi connectivity index (χ0) is 19.4. The first-order valence-corrected chi connectivity index (χ1v) is 8.90. The van der Waals surface area contributed by atoms with Gasteiger partial charge in [0.2, 0.25) is 0 Å². The van der Waals surface area contributed by atoms with Crippen LogP contribution in [0.3, 0.4) is 0 Å². The Morgan fingerprint density at radius 2 is 1.93 bits per heavy atom. The highest BCUT2D eigenvalue weighted by Gasteiger charge is 2.25. The summed E-state index contributed by atoms with van der Waals surface area (Å²) < 4.78 is 10.6. The molecule has 0 bridgehead atoms. The predicted molar refractivity (Wildman–Crippen MR) is 102 cm³/mol. The van der Waals surface area contributed by atoms with Crippen LogP contribution in [0.2, 0.25) is 5.02 Å². The Balaban J connectivity index is 1.70. The highest BCUT2D eigenvalue weighted by Crippen LogP contribution is 2.30. The quantitative estimate of drug-likeness (QED) is 0.434. The van der Waals surface area contributed by atoms with E-state index in [2.05, 4.69) is 9.64 Å². The Hall–Kier alpha value is -2.80. The Morgan fingerprint density at radius 3 is 2.56 bits per heavy atom. The first-order valence-electron chi connectivity index (χ1n) is 8.52. The first kappa shape index (κ1) is 19.0. The number of carbonyl (C=O) groups is 1. The fourth-order valence-electron chi connectivity index (χ4n) is 3.11. The van der Waals surface area contributed by atoms with Gasteiger partial charge in [0.25, 0.3) is 5.69 Å². The lowest BCUT2D eigenvalue weighted by atomic mass is 10.1. The normalized spacial score (nSPS) is 14.7. The van der Waals surface area contributed by atoms with Gasteiger partial charge in [0.15, 0.2) is 0 Å². The molecule has 0 amide bonds. The number of nitrogens with zero attached hydrogens (tertiary/aromatic N) is 2. The van der Waals surface area contributed by atoms with E-state index in [0.717, 1.165) is 18.5 Å². The number of methoxy groups -OCH3 is 1. The summed E-state index contributed by atoms with van der Waals surface area (Å²) in [6, 6.07) is 11.9. The number of esters is 1. The second-order valence-electron chi connectivity index (χ2n) is 6.18. The van der Waals surface area contributed by atoms with E-state index < -0.39 is 10.9 Å². The summed E-state index contributed by atoms with van der Waals surface area (Å²) in [5.41, 5.74) is 0.439. The van der Waals surface area contributed by atoms with Gasteiger partial charge in [-0.2, -0.15) is 0 Å². The molecule has 0 N–H and O–H groups in total. The summed E-state index contributed by atoms with van der Waals surface area (Å²) in [6.07, 6.45) is 1.59. The zero-order valence-electron chi connectivity index (χ0n) is 14.8. The monoisotopic (exact) mass is 390 g/mol. The molecule has 2 aromatic rings. The third-order valence-corrected chi connectivity index (χ3v) is 4.83. The van der Waals surface area contributed by atoms with Crippen LogP contribution in [0.1, 0.15) is 23.2 Å². The van der Waals surface area contributed by atoms with Crippen LogP contribution in [0, 0.1) is 10.1 Å². The van der Waals surface area contributed by atoms with Crippen LogP contribution in [-0.2, 0) is 4.74 Å². The lowest BCUT2D eigenvalue weighted by Gasteiger charge is -2.34. The molecule has 7 nitrogen and oxygen atoms in total. The van der Waals surface area contributed by atoms with E-state index in [-0.39, 0.29) is 17.4 Å². The SMILES string of the molecule is COC(=O)c1cc(N2CCC(Oc3ccccc3Cl)CC2)ccc1[N+](=O)[O-]. The van der Waals surface area contributed by atoms with Crippen LogP contribution >= 0.6 is 11.6 Å². The molecular weight excluding hydrogens is 372 g/mol. The van der Waals surface area contributed by atoms with E-state index in [1.165, 1.54) is 19.2 Å². The van der Waals surface area contributed by atoms with Gasteiger partial charge in [-0.15, -0.1) is 0 Å². The largest absolute Gasteiger partial charge is 0.489 e. The van der Waals surface area contributed by atoms with Gasteiger partial charge in [0.05, 0.1) is 17.1 Å². The number of ether oxygens (including phenoxy) is 2. The number of nitro benzene ring substituents is 1. The predicted octanol–water partition coefficient (Wildman–Crippen LogP) is 4.08. The average molecular weight is 391 g/mol. The smallest absolute Gasteiger partial charge is 0.344 e. The zero-order valence-corrected chi connectivity index (χ0v) is 15.5. The molecule has 0 aliphatic carbocycles. The van der Waals surface area contributed by atoms with Gasteiger partial charge in [0.1, 0.15) is 17.4 Å². The minimum absolute atomic E-state index is 0.0410. The summed E-state index contributed by atoms with van der Waals surface area (Å²) in [5.74, 6) is -0.0542. The highest BCUT2D eigenvalue weighted by molar-refractivity contribution is 6.32. The number of hydrogen-bond acceptors (Lipinski definition) is 6. The maximum atomic E-state index is 11.9. The van der Waals surface area contributed by atoms with Gasteiger partial charge in [-0.05, 0) is 24.3 Å².